The highest BCUT2D eigenvalue weighted by atomic mass is 79.9. The van der Waals surface area contributed by atoms with E-state index in [1.807, 2.05) is 13.0 Å². The summed E-state index contributed by atoms with van der Waals surface area (Å²) in [5, 5.41) is 6.44. The Bertz CT molecular complexity index is 558. The van der Waals surface area contributed by atoms with Gasteiger partial charge in [0.05, 0.1) is 12.2 Å². The van der Waals surface area contributed by atoms with Crippen LogP contribution in [0.1, 0.15) is 55.8 Å². The number of carbonyl (C=O) groups excluding carboxylic acids is 1. The molecule has 0 aliphatic heterocycles. The molecule has 0 heterocycles. The van der Waals surface area contributed by atoms with Crippen molar-refractivity contribution >= 4 is 39.2 Å². The van der Waals surface area contributed by atoms with Crippen molar-refractivity contribution in [2.75, 3.05) is 6.61 Å². The molecule has 1 fully saturated rings. The monoisotopic (exact) mass is 398 g/mol. The number of carbonyl (C=O) groups is 1. The minimum absolute atomic E-state index is 0.249. The Kier molecular flexibility index (Phi) is 7.30. The molecule has 0 radical (unpaired) electrons. The summed E-state index contributed by atoms with van der Waals surface area (Å²) < 4.78 is 6.34. The largest absolute Gasteiger partial charge is 0.493 e. The van der Waals surface area contributed by atoms with Crippen LogP contribution in [0.4, 0.5) is 0 Å². The van der Waals surface area contributed by atoms with Crippen molar-refractivity contribution in [3.63, 3.8) is 0 Å². The Labute approximate surface area is 151 Å². The van der Waals surface area contributed by atoms with Crippen LogP contribution in [0.3, 0.4) is 0 Å². The molecule has 1 aliphatic rings. The predicted molar refractivity (Wildman–Crippen MR) is 100 cm³/mol. The van der Waals surface area contributed by atoms with Crippen molar-refractivity contribution in [1.82, 2.24) is 10.6 Å². The number of nitrogens with one attached hydrogen (secondary N) is 2. The molecule has 0 saturated heterocycles. The lowest BCUT2D eigenvalue weighted by molar-refractivity contribution is 0.0972. The van der Waals surface area contributed by atoms with Crippen LogP contribution in [0.15, 0.2) is 22.7 Å². The lowest BCUT2D eigenvalue weighted by atomic mass is 10.1. The summed E-state index contributed by atoms with van der Waals surface area (Å²) in [7, 11) is 0. The fourth-order valence-electron chi connectivity index (χ4n) is 2.78. The van der Waals surface area contributed by atoms with Crippen LogP contribution in [0.2, 0.25) is 0 Å². The number of rotatable bonds is 4. The Morgan fingerprint density at radius 2 is 2.00 bits per heavy atom. The maximum absolute atomic E-state index is 12.5. The molecule has 1 aromatic carbocycles. The summed E-state index contributed by atoms with van der Waals surface area (Å²) in [6.45, 7) is 2.40. The van der Waals surface area contributed by atoms with Crippen molar-refractivity contribution in [3.05, 3.63) is 28.2 Å². The van der Waals surface area contributed by atoms with Gasteiger partial charge in [-0.1, -0.05) is 41.6 Å². The summed E-state index contributed by atoms with van der Waals surface area (Å²) in [5.41, 5.74) is 0.478. The summed E-state index contributed by atoms with van der Waals surface area (Å²) in [5.74, 6) is 0.311. The highest BCUT2D eigenvalue weighted by Crippen LogP contribution is 2.23. The molecule has 2 rings (SSSR count). The third kappa shape index (κ3) is 5.77. The van der Waals surface area contributed by atoms with E-state index in [1.54, 1.807) is 12.1 Å². The third-order valence-corrected chi connectivity index (χ3v) is 4.62. The van der Waals surface area contributed by atoms with Crippen molar-refractivity contribution < 1.29 is 9.53 Å². The molecule has 0 aromatic heterocycles. The van der Waals surface area contributed by atoms with E-state index in [2.05, 4.69) is 26.6 Å². The van der Waals surface area contributed by atoms with Crippen LogP contribution < -0.4 is 15.4 Å². The number of amides is 1. The van der Waals surface area contributed by atoms with Gasteiger partial charge in [-0.3, -0.25) is 10.1 Å². The molecule has 23 heavy (non-hydrogen) atoms. The van der Waals surface area contributed by atoms with Crippen LogP contribution >= 0.6 is 28.1 Å². The molecule has 6 heteroatoms. The van der Waals surface area contributed by atoms with E-state index in [4.69, 9.17) is 17.0 Å². The molecule has 126 valence electrons. The van der Waals surface area contributed by atoms with Crippen molar-refractivity contribution in [2.24, 2.45) is 0 Å². The molecule has 1 aromatic rings. The van der Waals surface area contributed by atoms with Gasteiger partial charge in [-0.25, -0.2) is 0 Å². The quantitative estimate of drug-likeness (QED) is 0.589. The molecule has 1 aliphatic carbocycles. The zero-order valence-electron chi connectivity index (χ0n) is 13.4. The van der Waals surface area contributed by atoms with Gasteiger partial charge >= 0.3 is 0 Å². The van der Waals surface area contributed by atoms with E-state index < -0.39 is 0 Å². The highest BCUT2D eigenvalue weighted by Gasteiger charge is 2.17. The molecule has 0 spiro atoms. The molecular weight excluding hydrogens is 376 g/mol. The van der Waals surface area contributed by atoms with Gasteiger partial charge in [0.15, 0.2) is 5.11 Å². The van der Waals surface area contributed by atoms with Gasteiger partial charge in [-0.15, -0.1) is 0 Å². The maximum Gasteiger partial charge on any atom is 0.261 e. The average molecular weight is 399 g/mol. The number of thiocarbonyl (C=S) groups is 1. The first-order chi connectivity index (χ1) is 11.1. The smallest absolute Gasteiger partial charge is 0.261 e. The second-order valence-corrected chi connectivity index (χ2v) is 7.01. The predicted octanol–water partition coefficient (Wildman–Crippen LogP) is 4.17. The van der Waals surface area contributed by atoms with Crippen molar-refractivity contribution in [3.8, 4) is 5.75 Å². The van der Waals surface area contributed by atoms with Crippen molar-refractivity contribution in [2.45, 2.75) is 51.5 Å². The molecule has 1 amide bonds. The highest BCUT2D eigenvalue weighted by molar-refractivity contribution is 9.10. The van der Waals surface area contributed by atoms with E-state index in [1.165, 1.54) is 25.7 Å². The first-order valence-corrected chi connectivity index (χ1v) is 9.34. The molecule has 0 bridgehead atoms. The van der Waals surface area contributed by atoms with Crippen LogP contribution in [-0.2, 0) is 0 Å². The number of hydrogen-bond donors (Lipinski definition) is 2. The van der Waals surface area contributed by atoms with E-state index in [9.17, 15) is 4.79 Å². The Hall–Kier alpha value is -1.14. The van der Waals surface area contributed by atoms with Gasteiger partial charge in [0, 0.05) is 10.5 Å². The van der Waals surface area contributed by atoms with Crippen LogP contribution in [-0.4, -0.2) is 23.7 Å². The van der Waals surface area contributed by atoms with E-state index in [-0.39, 0.29) is 5.91 Å². The van der Waals surface area contributed by atoms with Gasteiger partial charge in [0.25, 0.3) is 5.91 Å². The molecule has 2 N–H and O–H groups in total. The fraction of sp³-hybridized carbons (Fsp3) is 0.529. The normalized spacial score (nSPS) is 15.6. The zero-order chi connectivity index (χ0) is 16.7. The van der Waals surface area contributed by atoms with Crippen molar-refractivity contribution in [1.29, 1.82) is 0 Å². The summed E-state index contributed by atoms with van der Waals surface area (Å²) in [4.78, 5) is 12.5. The van der Waals surface area contributed by atoms with Crippen LogP contribution in [0.25, 0.3) is 0 Å². The van der Waals surface area contributed by atoms with E-state index in [0.717, 1.165) is 17.3 Å². The summed E-state index contributed by atoms with van der Waals surface area (Å²) in [6, 6.07) is 5.74. The van der Waals surface area contributed by atoms with Gasteiger partial charge in [-0.05, 0) is 50.2 Å². The van der Waals surface area contributed by atoms with E-state index >= 15 is 0 Å². The standard InChI is InChI=1S/C17H23BrN2O2S/c1-2-22-15-10-9-12(18)11-14(15)16(21)20-17(23)19-13-7-5-3-4-6-8-13/h9-11,13H,2-8H2,1H3,(H2,19,20,21,23). The first-order valence-electron chi connectivity index (χ1n) is 8.14. The average Bonchev–Trinajstić information content (AvgIpc) is 2.77. The molecule has 0 atom stereocenters. The molecule has 1 saturated carbocycles. The second kappa shape index (κ2) is 9.23. The number of hydrogen-bond acceptors (Lipinski definition) is 3. The zero-order valence-corrected chi connectivity index (χ0v) is 15.8. The minimum atomic E-state index is -0.249. The van der Waals surface area contributed by atoms with Gasteiger partial charge in [-0.2, -0.15) is 0 Å². The lowest BCUT2D eigenvalue weighted by Gasteiger charge is -2.19. The Morgan fingerprint density at radius 1 is 1.30 bits per heavy atom. The fourth-order valence-corrected chi connectivity index (χ4v) is 3.40. The van der Waals surface area contributed by atoms with Gasteiger partial charge in [0.1, 0.15) is 5.75 Å². The minimum Gasteiger partial charge on any atom is -0.493 e. The summed E-state index contributed by atoms with van der Waals surface area (Å²) in [6.07, 6.45) is 7.22. The maximum atomic E-state index is 12.5. The Morgan fingerprint density at radius 3 is 2.65 bits per heavy atom. The lowest BCUT2D eigenvalue weighted by Crippen LogP contribution is -2.44. The Balaban J connectivity index is 1.97. The third-order valence-electron chi connectivity index (χ3n) is 3.90. The summed E-state index contributed by atoms with van der Waals surface area (Å²) >= 11 is 8.69. The van der Waals surface area contributed by atoms with E-state index in [0.29, 0.717) is 29.1 Å². The second-order valence-electron chi connectivity index (χ2n) is 5.69. The number of ether oxygens (including phenoxy) is 1. The van der Waals surface area contributed by atoms with Gasteiger partial charge in [0.2, 0.25) is 0 Å². The van der Waals surface area contributed by atoms with Crippen LogP contribution in [0, 0.1) is 0 Å². The SMILES string of the molecule is CCOc1ccc(Br)cc1C(=O)NC(=S)NC1CCCCCC1. The van der Waals surface area contributed by atoms with Crippen LogP contribution in [0.5, 0.6) is 5.75 Å². The number of halogens is 1. The molecular formula is C17H23BrN2O2S. The molecule has 0 unspecified atom stereocenters. The number of benzene rings is 1. The topological polar surface area (TPSA) is 50.4 Å². The van der Waals surface area contributed by atoms with Gasteiger partial charge < -0.3 is 10.1 Å². The first kappa shape index (κ1) is 18.2. The molecule has 4 nitrogen and oxygen atoms in total.